The topological polar surface area (TPSA) is 83.1 Å². The number of nitrogens with zero attached hydrogens (tertiary/aromatic N) is 1. The molecule has 10 rings (SSSR count). The number of hydrogen-bond acceptors (Lipinski definition) is 5. The molecule has 5 aromatic rings. The molecular formula is C50H57N3O4. The van der Waals surface area contributed by atoms with Crippen molar-refractivity contribution < 1.29 is 19.4 Å². The van der Waals surface area contributed by atoms with Gasteiger partial charge in [-0.3, -0.25) is 4.90 Å². The van der Waals surface area contributed by atoms with Crippen molar-refractivity contribution in [3.8, 4) is 11.1 Å². The summed E-state index contributed by atoms with van der Waals surface area (Å²) in [6.07, 6.45) is 6.64. The maximum Gasteiger partial charge on any atom is 0.315 e. The number of carbonyl (C=O) groups excluding carboxylic acids is 1. The second-order valence-corrected chi connectivity index (χ2v) is 17.8. The fourth-order valence-electron chi connectivity index (χ4n) is 11.0. The Labute approximate surface area is 337 Å². The van der Waals surface area contributed by atoms with E-state index in [0.29, 0.717) is 6.54 Å². The summed E-state index contributed by atoms with van der Waals surface area (Å²) in [5.74, 6) is 2.43. The van der Waals surface area contributed by atoms with E-state index in [4.69, 9.17) is 9.47 Å². The lowest BCUT2D eigenvalue weighted by molar-refractivity contribution is -0.276. The van der Waals surface area contributed by atoms with E-state index >= 15 is 0 Å². The van der Waals surface area contributed by atoms with E-state index in [1.807, 2.05) is 18.2 Å². The normalized spacial score (nSPS) is 28.4. The summed E-state index contributed by atoms with van der Waals surface area (Å²) in [4.78, 5) is 15.7. The Morgan fingerprint density at radius 1 is 0.807 bits per heavy atom. The lowest BCUT2D eigenvalue weighted by Crippen LogP contribution is -2.61. The predicted octanol–water partition coefficient (Wildman–Crippen LogP) is 10.3. The van der Waals surface area contributed by atoms with Crippen LogP contribution in [0.3, 0.4) is 0 Å². The van der Waals surface area contributed by atoms with Crippen LogP contribution in [-0.2, 0) is 22.6 Å². The van der Waals surface area contributed by atoms with Crippen molar-refractivity contribution in [2.24, 2.45) is 23.7 Å². The van der Waals surface area contributed by atoms with Crippen LogP contribution in [0.1, 0.15) is 98.6 Å². The van der Waals surface area contributed by atoms with Crippen molar-refractivity contribution in [3.63, 3.8) is 0 Å². The zero-order chi connectivity index (χ0) is 39.1. The highest BCUT2D eigenvalue weighted by Crippen LogP contribution is 2.55. The Morgan fingerprint density at radius 2 is 1.46 bits per heavy atom. The average molecular weight is 764 g/mol. The molecule has 1 saturated heterocycles. The minimum absolute atomic E-state index is 0.00769. The number of aliphatic hydroxyl groups excluding tert-OH is 1. The Morgan fingerprint density at radius 3 is 2.16 bits per heavy atom. The molecule has 0 aromatic heterocycles. The number of carbonyl (C=O) groups is 1. The molecule has 0 radical (unpaired) electrons. The molecule has 3 N–H and O–H groups in total. The highest BCUT2D eigenvalue weighted by atomic mass is 16.7. The molecule has 0 spiro atoms. The predicted molar refractivity (Wildman–Crippen MR) is 226 cm³/mol. The van der Waals surface area contributed by atoms with Gasteiger partial charge in [0.15, 0.2) is 6.29 Å². The van der Waals surface area contributed by atoms with Gasteiger partial charge in [-0.25, -0.2) is 4.79 Å². The summed E-state index contributed by atoms with van der Waals surface area (Å²) >= 11 is 0. The van der Waals surface area contributed by atoms with E-state index in [1.165, 1.54) is 35.6 Å². The smallest absolute Gasteiger partial charge is 0.315 e. The minimum atomic E-state index is -0.558. The third-order valence-corrected chi connectivity index (χ3v) is 13.9. The first-order valence-corrected chi connectivity index (χ1v) is 21.2. The van der Waals surface area contributed by atoms with Gasteiger partial charge in [0.25, 0.3) is 0 Å². The molecule has 296 valence electrons. The van der Waals surface area contributed by atoms with Gasteiger partial charge in [0, 0.05) is 36.2 Å². The monoisotopic (exact) mass is 763 g/mol. The highest BCUT2D eigenvalue weighted by molar-refractivity contribution is 5.83. The van der Waals surface area contributed by atoms with Gasteiger partial charge in [0.05, 0.1) is 18.8 Å². The van der Waals surface area contributed by atoms with Crippen LogP contribution < -0.4 is 10.6 Å². The zero-order valence-electron chi connectivity index (χ0n) is 33.6. The van der Waals surface area contributed by atoms with Crippen molar-refractivity contribution >= 4 is 16.8 Å². The molecule has 7 heteroatoms. The molecule has 4 bridgehead atoms. The standard InChI is InChI=1S/C50H57N3O4/c1-32-46(30-53(3)33(2)42-21-16-38-8-4-5-9-43(38)25-42)56-48(57-47(32)40-14-12-34(31-54)13-15-40)41-19-17-39(18-20-41)45-11-7-6-10-44(45)29-51-49(55)52-50-26-35-22-36(27-50)24-37(23-35)28-50/h4-21,25,32-33,35-37,46-48,54H,22-24,26-31H2,1-3H3,(H2,51,52,55). The largest absolute Gasteiger partial charge is 0.392 e. The van der Waals surface area contributed by atoms with Crippen LogP contribution >= 0.6 is 0 Å². The molecule has 5 atom stereocenters. The fourth-order valence-corrected chi connectivity index (χ4v) is 11.0. The summed E-state index contributed by atoms with van der Waals surface area (Å²) in [6, 6.07) is 40.4. The molecular weight excluding hydrogens is 707 g/mol. The number of ether oxygens (including phenoxy) is 2. The van der Waals surface area contributed by atoms with Crippen molar-refractivity contribution in [1.82, 2.24) is 15.5 Å². The third kappa shape index (κ3) is 8.00. The summed E-state index contributed by atoms with van der Waals surface area (Å²) in [6.45, 7) is 5.69. The molecule has 5 aliphatic rings. The summed E-state index contributed by atoms with van der Waals surface area (Å²) < 4.78 is 13.7. The molecule has 4 aliphatic carbocycles. The van der Waals surface area contributed by atoms with Crippen LogP contribution in [0.2, 0.25) is 0 Å². The van der Waals surface area contributed by atoms with E-state index in [0.717, 1.165) is 76.9 Å². The summed E-state index contributed by atoms with van der Waals surface area (Å²) in [5.41, 5.74) is 7.45. The SMILES string of the molecule is CC1C(CN(C)C(C)c2ccc3ccccc3c2)OC(c2ccc(-c3ccccc3CNC(=O)NC34CC5CC(CC(C5)C3)C4)cc2)OC1c1ccc(CO)cc1. The van der Waals surface area contributed by atoms with Crippen LogP contribution in [0.5, 0.6) is 0 Å². The molecule has 7 nitrogen and oxygen atoms in total. The second kappa shape index (κ2) is 16.0. The fraction of sp³-hybridized carbons (Fsp3) is 0.420. The van der Waals surface area contributed by atoms with Crippen LogP contribution in [0, 0.1) is 23.7 Å². The lowest BCUT2D eigenvalue weighted by Gasteiger charge is -2.56. The van der Waals surface area contributed by atoms with Crippen LogP contribution in [0.25, 0.3) is 21.9 Å². The van der Waals surface area contributed by atoms with Gasteiger partial charge >= 0.3 is 6.03 Å². The number of hydrogen-bond donors (Lipinski definition) is 3. The van der Waals surface area contributed by atoms with Gasteiger partial charge in [-0.05, 0) is 120 Å². The van der Waals surface area contributed by atoms with Gasteiger partial charge in [-0.2, -0.15) is 0 Å². The number of likely N-dealkylation sites (N-methyl/N-ethyl adjacent to an activating group) is 1. The van der Waals surface area contributed by atoms with E-state index in [-0.39, 0.29) is 42.3 Å². The minimum Gasteiger partial charge on any atom is -0.392 e. The summed E-state index contributed by atoms with van der Waals surface area (Å²) in [5, 5.41) is 18.9. The number of rotatable bonds is 11. The number of fused-ring (bicyclic) bond motifs is 1. The van der Waals surface area contributed by atoms with E-state index < -0.39 is 6.29 Å². The maximum absolute atomic E-state index is 13.3. The molecule has 57 heavy (non-hydrogen) atoms. The summed E-state index contributed by atoms with van der Waals surface area (Å²) in [7, 11) is 2.18. The number of aliphatic hydroxyl groups is 1. The number of benzene rings is 5. The van der Waals surface area contributed by atoms with Gasteiger partial charge in [0.2, 0.25) is 0 Å². The van der Waals surface area contributed by atoms with Crippen molar-refractivity contribution in [1.29, 1.82) is 0 Å². The van der Waals surface area contributed by atoms with Crippen molar-refractivity contribution in [3.05, 3.63) is 143 Å². The maximum atomic E-state index is 13.3. The van der Waals surface area contributed by atoms with Crippen LogP contribution in [0.4, 0.5) is 4.79 Å². The quantitative estimate of drug-likeness (QED) is 0.125. The van der Waals surface area contributed by atoms with Gasteiger partial charge in [-0.1, -0.05) is 116 Å². The van der Waals surface area contributed by atoms with E-state index in [1.54, 1.807) is 0 Å². The highest BCUT2D eigenvalue weighted by Gasteiger charge is 2.51. The first-order valence-electron chi connectivity index (χ1n) is 21.2. The Balaban J connectivity index is 0.906. The Hall–Kier alpha value is -4.53. The first-order chi connectivity index (χ1) is 27.7. The molecule has 1 heterocycles. The van der Waals surface area contributed by atoms with Gasteiger partial charge in [0.1, 0.15) is 0 Å². The lowest BCUT2D eigenvalue weighted by atomic mass is 9.53. The molecule has 5 aromatic carbocycles. The van der Waals surface area contributed by atoms with Crippen LogP contribution in [0.15, 0.2) is 115 Å². The molecule has 5 unspecified atom stereocenters. The number of nitrogens with one attached hydrogen (secondary N) is 2. The van der Waals surface area contributed by atoms with Gasteiger partial charge < -0.3 is 25.2 Å². The Bertz CT molecular complexity index is 2150. The number of urea groups is 1. The molecule has 2 amide bonds. The number of amides is 2. The second-order valence-electron chi connectivity index (χ2n) is 17.8. The van der Waals surface area contributed by atoms with Crippen LogP contribution in [-0.4, -0.2) is 41.3 Å². The molecule has 1 aliphatic heterocycles. The third-order valence-electron chi connectivity index (χ3n) is 13.9. The van der Waals surface area contributed by atoms with Gasteiger partial charge in [-0.15, -0.1) is 0 Å². The zero-order valence-corrected chi connectivity index (χ0v) is 33.6. The van der Waals surface area contributed by atoms with E-state index in [9.17, 15) is 9.90 Å². The average Bonchev–Trinajstić information content (AvgIpc) is 3.22. The van der Waals surface area contributed by atoms with Crippen molar-refractivity contribution in [2.75, 3.05) is 13.6 Å². The van der Waals surface area contributed by atoms with Crippen molar-refractivity contribution in [2.45, 2.75) is 95.6 Å². The van der Waals surface area contributed by atoms with E-state index in [2.05, 4.69) is 133 Å². The first kappa shape index (κ1) is 38.0. The Kier molecular flexibility index (Phi) is 10.7. The molecule has 5 fully saturated rings. The molecule has 4 saturated carbocycles.